The van der Waals surface area contributed by atoms with Gasteiger partial charge < -0.3 is 19.3 Å². The fraction of sp³-hybridized carbons (Fsp3) is 0.0556. The van der Waals surface area contributed by atoms with Crippen LogP contribution in [0.5, 0.6) is 11.5 Å². The third kappa shape index (κ3) is 3.96. The number of rotatable bonds is 4. The molecule has 0 aliphatic carbocycles. The molecule has 0 aromatic heterocycles. The van der Waals surface area contributed by atoms with Gasteiger partial charge in [0.2, 0.25) is 0 Å². The third-order valence-corrected chi connectivity index (χ3v) is 13.4. The first kappa shape index (κ1) is 27.1. The van der Waals surface area contributed by atoms with Gasteiger partial charge in [0, 0.05) is 11.1 Å². The summed E-state index contributed by atoms with van der Waals surface area (Å²) in [6.07, 6.45) is 0. The first-order valence-electron chi connectivity index (χ1n) is 14.2. The van der Waals surface area contributed by atoms with Crippen molar-refractivity contribution in [3.63, 3.8) is 0 Å². The molecule has 8 heteroatoms. The highest BCUT2D eigenvalue weighted by atomic mass is 31.2. The van der Waals surface area contributed by atoms with Crippen LogP contribution in [0.25, 0.3) is 33.0 Å². The number of aliphatic hydroxyl groups is 2. The molecule has 0 radical (unpaired) electrons. The Balaban J connectivity index is 1.20. The van der Waals surface area contributed by atoms with E-state index in [0.717, 1.165) is 22.3 Å². The van der Waals surface area contributed by atoms with Gasteiger partial charge in [0.25, 0.3) is 0 Å². The van der Waals surface area contributed by atoms with Crippen LogP contribution in [0.4, 0.5) is 0 Å². The van der Waals surface area contributed by atoms with Crippen LogP contribution in [-0.4, -0.2) is 10.2 Å². The summed E-state index contributed by atoms with van der Waals surface area (Å²) < 4.78 is 41.4. The molecule has 0 spiro atoms. The van der Waals surface area contributed by atoms with Gasteiger partial charge in [-0.15, -0.1) is 0 Å². The second kappa shape index (κ2) is 10.1. The monoisotopic (exact) mass is 616 g/mol. The van der Waals surface area contributed by atoms with Crippen molar-refractivity contribution in [3.8, 4) is 33.8 Å². The molecule has 0 saturated heterocycles. The molecule has 2 aliphatic heterocycles. The first-order valence-corrected chi connectivity index (χ1v) is 17.6. The zero-order chi connectivity index (χ0) is 30.1. The van der Waals surface area contributed by atoms with Crippen molar-refractivity contribution in [2.24, 2.45) is 0 Å². The summed E-state index contributed by atoms with van der Waals surface area (Å²) in [6, 6.07) is 39.8. The molecule has 0 amide bonds. The standard InChI is InChI=1S/C36H26O6P2/c37-35(43(39)33-18-7-3-13-28(33)26-11-1-5-16-31(26)41-43)24-20-21-25-23(22-24)10-9-15-30(25)36(38)44(40)34-19-8-4-14-29(34)27-12-2-6-17-32(27)42-44/h1-22,35-38H. The van der Waals surface area contributed by atoms with E-state index >= 15 is 0 Å². The minimum atomic E-state index is -3.84. The summed E-state index contributed by atoms with van der Waals surface area (Å²) in [5, 5.41) is 25.7. The van der Waals surface area contributed by atoms with Gasteiger partial charge >= 0.3 is 14.7 Å². The Morgan fingerprint density at radius 1 is 0.500 bits per heavy atom. The largest absolute Gasteiger partial charge is 0.437 e. The van der Waals surface area contributed by atoms with Crippen molar-refractivity contribution < 1.29 is 28.4 Å². The predicted octanol–water partition coefficient (Wildman–Crippen LogP) is 8.15. The Morgan fingerprint density at radius 3 is 1.59 bits per heavy atom. The molecule has 6 aromatic carbocycles. The highest BCUT2D eigenvalue weighted by Gasteiger charge is 2.45. The molecular weight excluding hydrogens is 590 g/mol. The van der Waals surface area contributed by atoms with E-state index in [4.69, 9.17) is 9.05 Å². The highest BCUT2D eigenvalue weighted by Crippen LogP contribution is 2.64. The molecule has 6 aromatic rings. The number of aliphatic hydroxyl groups excluding tert-OH is 2. The topological polar surface area (TPSA) is 93.1 Å². The van der Waals surface area contributed by atoms with Gasteiger partial charge in [-0.1, -0.05) is 103 Å². The van der Waals surface area contributed by atoms with Crippen molar-refractivity contribution in [1.29, 1.82) is 0 Å². The summed E-state index contributed by atoms with van der Waals surface area (Å²) in [4.78, 5) is 0. The van der Waals surface area contributed by atoms with E-state index < -0.39 is 26.4 Å². The van der Waals surface area contributed by atoms with E-state index in [0.29, 0.717) is 44.0 Å². The second-order valence-electron chi connectivity index (χ2n) is 11.0. The van der Waals surface area contributed by atoms with Gasteiger partial charge in [0.15, 0.2) is 11.7 Å². The summed E-state index contributed by atoms with van der Waals surface area (Å²) in [7, 11) is -7.66. The fourth-order valence-corrected chi connectivity index (χ4v) is 10.9. The van der Waals surface area contributed by atoms with Gasteiger partial charge in [0.05, 0.1) is 10.6 Å². The smallest absolute Gasteiger partial charge is 0.310 e. The Morgan fingerprint density at radius 2 is 1.00 bits per heavy atom. The normalized spacial score (nSPS) is 21.0. The number of hydrogen-bond acceptors (Lipinski definition) is 6. The zero-order valence-electron chi connectivity index (χ0n) is 23.3. The van der Waals surface area contributed by atoms with Crippen LogP contribution in [0.15, 0.2) is 133 Å². The van der Waals surface area contributed by atoms with Crippen LogP contribution in [-0.2, 0) is 9.13 Å². The van der Waals surface area contributed by atoms with Crippen LogP contribution < -0.4 is 19.7 Å². The lowest BCUT2D eigenvalue weighted by Gasteiger charge is -2.32. The number of fused-ring (bicyclic) bond motifs is 7. The summed E-state index contributed by atoms with van der Waals surface area (Å²) in [6.45, 7) is 0. The zero-order valence-corrected chi connectivity index (χ0v) is 25.1. The molecule has 0 bridgehead atoms. The van der Waals surface area contributed by atoms with E-state index in [1.807, 2.05) is 66.7 Å². The molecule has 0 fully saturated rings. The van der Waals surface area contributed by atoms with Gasteiger partial charge in [-0.25, -0.2) is 0 Å². The van der Waals surface area contributed by atoms with Gasteiger partial charge in [-0.2, -0.15) is 0 Å². The maximum atomic E-state index is 14.6. The minimum Gasteiger partial charge on any atom is -0.437 e. The van der Waals surface area contributed by atoms with Crippen molar-refractivity contribution in [1.82, 2.24) is 0 Å². The maximum Gasteiger partial charge on any atom is 0.310 e. The molecule has 44 heavy (non-hydrogen) atoms. The Bertz CT molecular complexity index is 2210. The van der Waals surface area contributed by atoms with Crippen LogP contribution in [0.1, 0.15) is 22.8 Å². The van der Waals surface area contributed by atoms with Gasteiger partial charge in [-0.05, 0) is 63.4 Å². The quantitative estimate of drug-likeness (QED) is 0.194. The number of para-hydroxylation sites is 2. The molecule has 4 unspecified atom stereocenters. The van der Waals surface area contributed by atoms with Crippen molar-refractivity contribution in [2.45, 2.75) is 11.7 Å². The third-order valence-electron chi connectivity index (χ3n) is 8.46. The van der Waals surface area contributed by atoms with Crippen LogP contribution >= 0.6 is 14.7 Å². The fourth-order valence-electron chi connectivity index (χ4n) is 6.33. The summed E-state index contributed by atoms with van der Waals surface area (Å²) in [5.41, 5.74) is 4.01. The molecule has 8 rings (SSSR count). The van der Waals surface area contributed by atoms with E-state index in [2.05, 4.69) is 0 Å². The summed E-state index contributed by atoms with van der Waals surface area (Å²) in [5.74, 6) is -1.99. The average molecular weight is 617 g/mol. The van der Waals surface area contributed by atoms with Gasteiger partial charge in [-0.3, -0.25) is 9.13 Å². The van der Waals surface area contributed by atoms with Crippen LogP contribution in [0, 0.1) is 0 Å². The van der Waals surface area contributed by atoms with E-state index in [-0.39, 0.29) is 0 Å². The molecule has 0 saturated carbocycles. The number of hydrogen-bond donors (Lipinski definition) is 2. The van der Waals surface area contributed by atoms with Crippen molar-refractivity contribution in [3.05, 3.63) is 145 Å². The maximum absolute atomic E-state index is 14.6. The van der Waals surface area contributed by atoms with E-state index in [9.17, 15) is 19.3 Å². The molecule has 216 valence electrons. The Labute approximate surface area is 254 Å². The average Bonchev–Trinajstić information content (AvgIpc) is 3.07. The van der Waals surface area contributed by atoms with Crippen LogP contribution in [0.3, 0.4) is 0 Å². The Kier molecular flexibility index (Phi) is 6.20. The summed E-state index contributed by atoms with van der Waals surface area (Å²) >= 11 is 0. The van der Waals surface area contributed by atoms with E-state index in [1.165, 1.54) is 0 Å². The molecule has 4 atom stereocenters. The predicted molar refractivity (Wildman–Crippen MR) is 173 cm³/mol. The molecule has 2 heterocycles. The lowest BCUT2D eigenvalue weighted by Crippen LogP contribution is -2.22. The SMILES string of the molecule is O=P1(C(O)c2ccc3c(C(O)P4(=O)Oc5ccccc5-c5ccccc54)cccc3c2)Oc2ccccc2-c2ccccc21. The first-order chi connectivity index (χ1) is 21.4. The lowest BCUT2D eigenvalue weighted by molar-refractivity contribution is 0.240. The molecule has 2 aliphatic rings. The number of benzene rings is 6. The minimum absolute atomic E-state index is 0.404. The Hall–Kier alpha value is -4.44. The van der Waals surface area contributed by atoms with Gasteiger partial charge in [0.1, 0.15) is 11.5 Å². The lowest BCUT2D eigenvalue weighted by atomic mass is 10.0. The molecule has 6 nitrogen and oxygen atoms in total. The molecule has 2 N–H and O–H groups in total. The van der Waals surface area contributed by atoms with Crippen molar-refractivity contribution in [2.75, 3.05) is 0 Å². The highest BCUT2D eigenvalue weighted by molar-refractivity contribution is 7.68. The second-order valence-corrected chi connectivity index (χ2v) is 15.7. The van der Waals surface area contributed by atoms with E-state index in [1.54, 1.807) is 66.7 Å². The van der Waals surface area contributed by atoms with Crippen molar-refractivity contribution >= 4 is 36.1 Å². The van der Waals surface area contributed by atoms with Crippen LogP contribution in [0.2, 0.25) is 0 Å². The molecular formula is C36H26O6P2.